The van der Waals surface area contributed by atoms with Crippen LogP contribution in [-0.4, -0.2) is 41.9 Å². The predicted octanol–water partition coefficient (Wildman–Crippen LogP) is 2.75. The van der Waals surface area contributed by atoms with E-state index in [0.29, 0.717) is 44.3 Å². The molecule has 0 atom stereocenters. The largest absolute Gasteiger partial charge is 0.346 e. The van der Waals surface area contributed by atoms with E-state index >= 15 is 0 Å². The topological polar surface area (TPSA) is 83.6 Å². The van der Waals surface area contributed by atoms with Crippen LogP contribution in [0.5, 0.6) is 0 Å². The van der Waals surface area contributed by atoms with Gasteiger partial charge >= 0.3 is 0 Å². The first-order valence-corrected chi connectivity index (χ1v) is 8.95. The molecular formula is C20H28N2O4. The van der Waals surface area contributed by atoms with Gasteiger partial charge in [-0.3, -0.25) is 19.2 Å². The minimum absolute atomic E-state index is 0.00924. The number of aryl methyl sites for hydroxylation is 1. The number of carbonyl (C=O) groups is 4. The van der Waals surface area contributed by atoms with Crippen molar-refractivity contribution in [3.05, 3.63) is 29.8 Å². The van der Waals surface area contributed by atoms with Crippen LogP contribution in [-0.2, 0) is 25.6 Å². The Kier molecular flexibility index (Phi) is 9.26. The minimum atomic E-state index is -0.124. The van der Waals surface area contributed by atoms with Crippen LogP contribution in [0.1, 0.15) is 51.5 Å². The van der Waals surface area contributed by atoms with Gasteiger partial charge in [0.2, 0.25) is 11.8 Å². The van der Waals surface area contributed by atoms with Gasteiger partial charge in [-0.2, -0.15) is 0 Å². The maximum absolute atomic E-state index is 11.9. The third-order valence-corrected chi connectivity index (χ3v) is 4.07. The zero-order valence-corrected chi connectivity index (χ0v) is 15.8. The minimum Gasteiger partial charge on any atom is -0.346 e. The number of hydrogen-bond acceptors (Lipinski definition) is 4. The molecule has 0 aromatic heterocycles. The highest BCUT2D eigenvalue weighted by molar-refractivity contribution is 5.98. The van der Waals surface area contributed by atoms with Gasteiger partial charge in [-0.1, -0.05) is 12.1 Å². The number of Topliss-reactive ketones (excluding diaryl/α,β-unsaturated/α-hetero) is 2. The second kappa shape index (κ2) is 11.2. The zero-order valence-electron chi connectivity index (χ0n) is 15.8. The first-order valence-electron chi connectivity index (χ1n) is 8.95. The van der Waals surface area contributed by atoms with Gasteiger partial charge < -0.3 is 10.2 Å². The van der Waals surface area contributed by atoms with Crippen molar-refractivity contribution in [2.75, 3.05) is 18.9 Å². The Hall–Kier alpha value is -2.50. The summed E-state index contributed by atoms with van der Waals surface area (Å²) >= 11 is 0. The maximum Gasteiger partial charge on any atom is 0.224 e. The van der Waals surface area contributed by atoms with Gasteiger partial charge in [0.25, 0.3) is 0 Å². The van der Waals surface area contributed by atoms with Crippen molar-refractivity contribution in [2.24, 2.45) is 0 Å². The number of ketones is 2. The van der Waals surface area contributed by atoms with E-state index in [1.165, 1.54) is 6.92 Å². The van der Waals surface area contributed by atoms with Gasteiger partial charge in [-0.05, 0) is 44.4 Å². The molecule has 0 saturated carbocycles. The molecule has 0 radical (unpaired) electrons. The molecular weight excluding hydrogens is 332 g/mol. The lowest BCUT2D eigenvalue weighted by molar-refractivity contribution is -0.130. The van der Waals surface area contributed by atoms with E-state index in [2.05, 4.69) is 5.32 Å². The third-order valence-electron chi connectivity index (χ3n) is 4.07. The standard InChI is InChI=1S/C20H28N2O4/c1-4-22(3)20(26)7-5-6-19(25)21-17-11-8-16(9-12-17)10-13-18(24)14-15(2)23/h8-9,11-12H,4-7,10,13-14H2,1-3H3,(H,21,25). The third kappa shape index (κ3) is 8.55. The average Bonchev–Trinajstić information content (AvgIpc) is 2.59. The molecule has 0 bridgehead atoms. The van der Waals surface area contributed by atoms with Crippen LogP contribution in [0.4, 0.5) is 5.69 Å². The number of hydrogen-bond donors (Lipinski definition) is 1. The number of rotatable bonds is 11. The highest BCUT2D eigenvalue weighted by atomic mass is 16.2. The molecule has 0 saturated heterocycles. The highest BCUT2D eigenvalue weighted by Gasteiger charge is 2.09. The van der Waals surface area contributed by atoms with Crippen molar-refractivity contribution in [1.82, 2.24) is 4.90 Å². The van der Waals surface area contributed by atoms with Crippen molar-refractivity contribution < 1.29 is 19.2 Å². The van der Waals surface area contributed by atoms with E-state index in [1.807, 2.05) is 19.1 Å². The molecule has 0 fully saturated rings. The van der Waals surface area contributed by atoms with Gasteiger partial charge in [-0.25, -0.2) is 0 Å². The molecule has 1 rings (SSSR count). The number of amides is 2. The first-order chi connectivity index (χ1) is 12.3. The number of carbonyl (C=O) groups excluding carboxylic acids is 4. The molecule has 6 nitrogen and oxygen atoms in total. The molecule has 0 aliphatic rings. The van der Waals surface area contributed by atoms with E-state index in [0.717, 1.165) is 5.56 Å². The molecule has 0 unspecified atom stereocenters. The molecule has 26 heavy (non-hydrogen) atoms. The molecule has 2 amide bonds. The van der Waals surface area contributed by atoms with Crippen molar-refractivity contribution >= 4 is 29.1 Å². The molecule has 6 heteroatoms. The van der Waals surface area contributed by atoms with Gasteiger partial charge in [0.05, 0.1) is 6.42 Å². The summed E-state index contributed by atoms with van der Waals surface area (Å²) < 4.78 is 0. The summed E-state index contributed by atoms with van der Waals surface area (Å²) in [5.41, 5.74) is 1.67. The van der Waals surface area contributed by atoms with Gasteiger partial charge in [0.1, 0.15) is 11.6 Å². The van der Waals surface area contributed by atoms with Crippen LogP contribution in [0.3, 0.4) is 0 Å². The average molecular weight is 360 g/mol. The lowest BCUT2D eigenvalue weighted by Gasteiger charge is -2.13. The highest BCUT2D eigenvalue weighted by Crippen LogP contribution is 2.12. The molecule has 0 heterocycles. The molecule has 1 aromatic carbocycles. The fourth-order valence-electron chi connectivity index (χ4n) is 2.40. The van der Waals surface area contributed by atoms with Crippen molar-refractivity contribution in [1.29, 1.82) is 0 Å². The molecule has 0 aliphatic carbocycles. The van der Waals surface area contributed by atoms with Crippen LogP contribution in [0.25, 0.3) is 0 Å². The number of nitrogens with one attached hydrogen (secondary N) is 1. The molecule has 1 N–H and O–H groups in total. The van der Waals surface area contributed by atoms with Crippen molar-refractivity contribution in [3.63, 3.8) is 0 Å². The summed E-state index contributed by atoms with van der Waals surface area (Å²) in [4.78, 5) is 47.7. The van der Waals surface area contributed by atoms with E-state index in [9.17, 15) is 19.2 Å². The number of benzene rings is 1. The lowest BCUT2D eigenvalue weighted by atomic mass is 10.0. The number of nitrogens with zero attached hydrogens (tertiary/aromatic N) is 1. The smallest absolute Gasteiger partial charge is 0.224 e. The first kappa shape index (κ1) is 21.5. The van der Waals surface area contributed by atoms with E-state index < -0.39 is 0 Å². The zero-order chi connectivity index (χ0) is 19.5. The molecule has 0 aliphatic heterocycles. The Labute approximate surface area is 154 Å². The van der Waals surface area contributed by atoms with Crippen molar-refractivity contribution in [2.45, 2.75) is 52.4 Å². The molecule has 1 aromatic rings. The second-order valence-electron chi connectivity index (χ2n) is 6.42. The lowest BCUT2D eigenvalue weighted by Crippen LogP contribution is -2.26. The Morgan fingerprint density at radius 3 is 2.23 bits per heavy atom. The van der Waals surface area contributed by atoms with Crippen LogP contribution >= 0.6 is 0 Å². The summed E-state index contributed by atoms with van der Waals surface area (Å²) in [6, 6.07) is 7.30. The maximum atomic E-state index is 11.9. The van der Waals surface area contributed by atoms with Crippen LogP contribution in [0.15, 0.2) is 24.3 Å². The predicted molar refractivity (Wildman–Crippen MR) is 101 cm³/mol. The van der Waals surface area contributed by atoms with Gasteiger partial charge in [-0.15, -0.1) is 0 Å². The quantitative estimate of drug-likeness (QED) is 0.615. The van der Waals surface area contributed by atoms with Crippen molar-refractivity contribution in [3.8, 4) is 0 Å². The van der Waals surface area contributed by atoms with Crippen LogP contribution in [0.2, 0.25) is 0 Å². The Morgan fingerprint density at radius 1 is 1.00 bits per heavy atom. The number of anilines is 1. The van der Waals surface area contributed by atoms with Crippen LogP contribution < -0.4 is 5.32 Å². The summed E-state index contributed by atoms with van der Waals surface area (Å²) in [5.74, 6) is -0.250. The molecule has 0 spiro atoms. The fourth-order valence-corrected chi connectivity index (χ4v) is 2.40. The fraction of sp³-hybridized carbons (Fsp3) is 0.500. The van der Waals surface area contributed by atoms with Gasteiger partial charge in [0.15, 0.2) is 0 Å². The Morgan fingerprint density at radius 2 is 1.65 bits per heavy atom. The summed E-state index contributed by atoms with van der Waals surface area (Å²) in [5, 5.41) is 2.80. The van der Waals surface area contributed by atoms with E-state index in [-0.39, 0.29) is 29.8 Å². The van der Waals surface area contributed by atoms with E-state index in [4.69, 9.17) is 0 Å². The van der Waals surface area contributed by atoms with Gasteiger partial charge in [0, 0.05) is 38.5 Å². The SMILES string of the molecule is CCN(C)C(=O)CCCC(=O)Nc1ccc(CCC(=O)CC(C)=O)cc1. The van der Waals surface area contributed by atoms with Crippen LogP contribution in [0, 0.1) is 0 Å². The normalized spacial score (nSPS) is 10.3. The second-order valence-corrected chi connectivity index (χ2v) is 6.42. The monoisotopic (exact) mass is 360 g/mol. The Balaban J connectivity index is 2.35. The van der Waals surface area contributed by atoms with E-state index in [1.54, 1.807) is 24.1 Å². The summed E-state index contributed by atoms with van der Waals surface area (Å²) in [6.07, 6.45) is 2.09. The Bertz CT molecular complexity index is 638. The summed E-state index contributed by atoms with van der Waals surface area (Å²) in [7, 11) is 1.75. The molecule has 142 valence electrons. The summed E-state index contributed by atoms with van der Waals surface area (Å²) in [6.45, 7) is 3.98.